The predicted octanol–water partition coefficient (Wildman–Crippen LogP) is 4.96. The van der Waals surface area contributed by atoms with Gasteiger partial charge in [0.25, 0.3) is 0 Å². The molecule has 4 rings (SSSR count). The topological polar surface area (TPSA) is 86.8 Å². The Balaban J connectivity index is 1.52. The third-order valence-corrected chi connectivity index (χ3v) is 9.46. The van der Waals surface area contributed by atoms with Gasteiger partial charge in [0.1, 0.15) is 6.04 Å². The highest BCUT2D eigenvalue weighted by atomic mass is 32.2. The summed E-state index contributed by atoms with van der Waals surface area (Å²) in [5.41, 5.74) is 2.82. The maximum atomic E-state index is 13.8. The second-order valence-electron chi connectivity index (χ2n) is 10.6. The Labute approximate surface area is 244 Å². The molecule has 0 unspecified atom stereocenters. The smallest absolute Gasteiger partial charge is 0.243 e. The number of aryl methyl sites for hydroxylation is 1. The molecule has 0 radical (unpaired) electrons. The molecule has 2 amide bonds. The molecule has 0 saturated carbocycles. The lowest BCUT2D eigenvalue weighted by Crippen LogP contribution is -2.50. The molecule has 7 nitrogen and oxygen atoms in total. The first-order chi connectivity index (χ1) is 19.9. The average Bonchev–Trinajstić information content (AvgIpc) is 3.55. The first kappa shape index (κ1) is 30.5. The van der Waals surface area contributed by atoms with E-state index in [-0.39, 0.29) is 23.1 Å². The molecule has 3 aromatic carbocycles. The summed E-state index contributed by atoms with van der Waals surface area (Å²) in [5, 5.41) is 3.05. The summed E-state index contributed by atoms with van der Waals surface area (Å²) in [6.07, 6.45) is 4.69. The van der Waals surface area contributed by atoms with Crippen molar-refractivity contribution in [2.24, 2.45) is 0 Å². The molecule has 8 heteroatoms. The Morgan fingerprint density at radius 3 is 2.07 bits per heavy atom. The fraction of sp³-hybridized carbons (Fsp3) is 0.394. The quantitative estimate of drug-likeness (QED) is 0.275. The molecule has 1 fully saturated rings. The minimum Gasteiger partial charge on any atom is -0.354 e. The number of unbranched alkanes of at least 4 members (excludes halogenated alkanes) is 1. The van der Waals surface area contributed by atoms with Gasteiger partial charge >= 0.3 is 0 Å². The Hall–Kier alpha value is -3.49. The molecule has 0 aliphatic carbocycles. The second kappa shape index (κ2) is 14.9. The summed E-state index contributed by atoms with van der Waals surface area (Å²) in [7, 11) is -3.48. The number of hydrogen-bond donors (Lipinski definition) is 1. The molecule has 1 aliphatic heterocycles. The van der Waals surface area contributed by atoms with Crippen molar-refractivity contribution in [3.8, 4) is 0 Å². The Bertz CT molecular complexity index is 1360. The monoisotopic (exact) mass is 575 g/mol. The lowest BCUT2D eigenvalue weighted by Gasteiger charge is -2.31. The van der Waals surface area contributed by atoms with Gasteiger partial charge in [-0.15, -0.1) is 0 Å². The number of sulfonamides is 1. The molecule has 1 N–H and O–H groups in total. The number of benzene rings is 3. The number of hydrogen-bond acceptors (Lipinski definition) is 4. The van der Waals surface area contributed by atoms with E-state index in [1.165, 1.54) is 4.31 Å². The fourth-order valence-corrected chi connectivity index (χ4v) is 6.66. The normalized spacial score (nSPS) is 14.5. The van der Waals surface area contributed by atoms with E-state index in [1.807, 2.05) is 60.7 Å². The number of nitrogens with one attached hydrogen (secondary N) is 1. The molecule has 41 heavy (non-hydrogen) atoms. The minimum atomic E-state index is -3.48. The minimum absolute atomic E-state index is 0.116. The van der Waals surface area contributed by atoms with E-state index in [2.05, 4.69) is 12.2 Å². The van der Waals surface area contributed by atoms with Crippen LogP contribution in [0.1, 0.15) is 55.7 Å². The van der Waals surface area contributed by atoms with Gasteiger partial charge in [-0.2, -0.15) is 4.31 Å². The van der Waals surface area contributed by atoms with E-state index in [9.17, 15) is 18.0 Å². The van der Waals surface area contributed by atoms with Crippen molar-refractivity contribution in [1.29, 1.82) is 0 Å². The van der Waals surface area contributed by atoms with Crippen molar-refractivity contribution in [1.82, 2.24) is 14.5 Å². The molecule has 1 atom stereocenters. The summed E-state index contributed by atoms with van der Waals surface area (Å²) in [6, 6.07) is 25.7. The summed E-state index contributed by atoms with van der Waals surface area (Å²) in [4.78, 5) is 29.3. The van der Waals surface area contributed by atoms with Crippen LogP contribution in [0.2, 0.25) is 0 Å². The Kier molecular flexibility index (Phi) is 11.1. The van der Waals surface area contributed by atoms with Crippen LogP contribution in [0.25, 0.3) is 0 Å². The summed E-state index contributed by atoms with van der Waals surface area (Å²) in [5.74, 6) is -0.266. The molecule has 0 aromatic heterocycles. The first-order valence-corrected chi connectivity index (χ1v) is 16.1. The molecule has 3 aromatic rings. The number of nitrogens with zero attached hydrogens (tertiary/aromatic N) is 2. The van der Waals surface area contributed by atoms with Gasteiger partial charge in [-0.3, -0.25) is 9.59 Å². The number of carbonyl (C=O) groups excluding carboxylic acids is 2. The third kappa shape index (κ3) is 8.50. The third-order valence-electron chi connectivity index (χ3n) is 7.55. The first-order valence-electron chi connectivity index (χ1n) is 14.6. The zero-order valence-corrected chi connectivity index (χ0v) is 24.7. The van der Waals surface area contributed by atoms with Crippen molar-refractivity contribution in [2.75, 3.05) is 19.6 Å². The van der Waals surface area contributed by atoms with Crippen molar-refractivity contribution in [3.63, 3.8) is 0 Å². The van der Waals surface area contributed by atoms with Gasteiger partial charge in [0, 0.05) is 39.0 Å². The highest BCUT2D eigenvalue weighted by Crippen LogP contribution is 2.22. The summed E-state index contributed by atoms with van der Waals surface area (Å²) < 4.78 is 27.3. The predicted molar refractivity (Wildman–Crippen MR) is 162 cm³/mol. The van der Waals surface area contributed by atoms with Gasteiger partial charge in [0.15, 0.2) is 0 Å². The molecule has 0 bridgehead atoms. The zero-order valence-electron chi connectivity index (χ0n) is 23.9. The van der Waals surface area contributed by atoms with Crippen LogP contribution in [0.5, 0.6) is 0 Å². The van der Waals surface area contributed by atoms with E-state index in [4.69, 9.17) is 0 Å². The zero-order chi connectivity index (χ0) is 29.1. The average molecular weight is 576 g/mol. The molecular weight excluding hydrogens is 534 g/mol. The second-order valence-corrected chi connectivity index (χ2v) is 12.6. The van der Waals surface area contributed by atoms with Crippen LogP contribution < -0.4 is 5.32 Å². The molecule has 0 spiro atoms. The Morgan fingerprint density at radius 1 is 0.854 bits per heavy atom. The van der Waals surface area contributed by atoms with Crippen molar-refractivity contribution in [2.45, 2.75) is 69.4 Å². The van der Waals surface area contributed by atoms with Crippen molar-refractivity contribution < 1.29 is 18.0 Å². The van der Waals surface area contributed by atoms with Crippen LogP contribution in [-0.4, -0.2) is 55.1 Å². The highest BCUT2D eigenvalue weighted by Gasteiger charge is 2.30. The van der Waals surface area contributed by atoms with Crippen LogP contribution in [0.15, 0.2) is 89.8 Å². The van der Waals surface area contributed by atoms with Crippen LogP contribution in [0, 0.1) is 0 Å². The van der Waals surface area contributed by atoms with Crippen LogP contribution in [0.3, 0.4) is 0 Å². The van der Waals surface area contributed by atoms with Crippen LogP contribution in [0.4, 0.5) is 0 Å². The SMILES string of the molecule is CCCCNC(=O)[C@H](Cc1ccccc1)N(Cc1ccccc1)C(=O)CCc1ccc(S(=O)(=O)N2CCCC2)cc1. The van der Waals surface area contributed by atoms with Gasteiger partial charge in [0.2, 0.25) is 21.8 Å². The highest BCUT2D eigenvalue weighted by molar-refractivity contribution is 7.89. The standard InChI is InChI=1S/C33H41N3O4S/c1-2-3-22-34-33(38)31(25-28-12-6-4-7-13-28)36(26-29-14-8-5-9-15-29)32(37)21-18-27-16-19-30(20-17-27)41(39,40)35-23-10-11-24-35/h4-9,12-17,19-20,31H,2-3,10-11,18,21-26H2,1H3,(H,34,38)/t31-/m0/s1. The van der Waals surface area contributed by atoms with Crippen LogP contribution >= 0.6 is 0 Å². The Morgan fingerprint density at radius 2 is 1.46 bits per heavy atom. The molecule has 218 valence electrons. The molecule has 1 aliphatic rings. The maximum Gasteiger partial charge on any atom is 0.243 e. The fourth-order valence-electron chi connectivity index (χ4n) is 5.14. The van der Waals surface area contributed by atoms with Gasteiger partial charge in [-0.1, -0.05) is 86.1 Å². The summed E-state index contributed by atoms with van der Waals surface area (Å²) in [6.45, 7) is 4.09. The van der Waals surface area contributed by atoms with Crippen LogP contribution in [-0.2, 0) is 39.0 Å². The number of carbonyl (C=O) groups is 2. The molecular formula is C33H41N3O4S. The van der Waals surface area contributed by atoms with E-state index < -0.39 is 16.1 Å². The largest absolute Gasteiger partial charge is 0.354 e. The molecule has 1 heterocycles. The lowest BCUT2D eigenvalue weighted by molar-refractivity contribution is -0.141. The van der Waals surface area contributed by atoms with E-state index in [0.29, 0.717) is 39.0 Å². The molecule has 1 saturated heterocycles. The maximum absolute atomic E-state index is 13.8. The summed E-state index contributed by atoms with van der Waals surface area (Å²) >= 11 is 0. The van der Waals surface area contributed by atoms with Gasteiger partial charge in [-0.05, 0) is 54.5 Å². The van der Waals surface area contributed by atoms with Crippen molar-refractivity contribution >= 4 is 21.8 Å². The van der Waals surface area contributed by atoms with Gasteiger partial charge in [0.05, 0.1) is 4.90 Å². The van der Waals surface area contributed by atoms with Crippen molar-refractivity contribution in [3.05, 3.63) is 102 Å². The van der Waals surface area contributed by atoms with E-state index >= 15 is 0 Å². The number of rotatable bonds is 14. The van der Waals surface area contributed by atoms with E-state index in [1.54, 1.807) is 29.2 Å². The lowest BCUT2D eigenvalue weighted by atomic mass is 10.0. The van der Waals surface area contributed by atoms with Gasteiger partial charge in [-0.25, -0.2) is 8.42 Å². The number of amides is 2. The van der Waals surface area contributed by atoms with Gasteiger partial charge < -0.3 is 10.2 Å². The van der Waals surface area contributed by atoms with E-state index in [0.717, 1.165) is 42.4 Å².